The third-order valence-corrected chi connectivity index (χ3v) is 16.5. The van der Waals surface area contributed by atoms with Gasteiger partial charge < -0.3 is 13.4 Å². The van der Waals surface area contributed by atoms with Gasteiger partial charge in [0.15, 0.2) is 0 Å². The Morgan fingerprint density at radius 2 is 1.43 bits per heavy atom. The van der Waals surface area contributed by atoms with Gasteiger partial charge in [-0.25, -0.2) is 4.98 Å². The molecule has 1 radical (unpaired) electrons. The highest BCUT2D eigenvalue weighted by Crippen LogP contribution is 2.55. The smallest absolute Gasteiger partial charge is 0.299 e. The van der Waals surface area contributed by atoms with Gasteiger partial charge in [0.25, 0.3) is 5.78 Å². The Morgan fingerprint density at radius 1 is 0.741 bits per heavy atom. The molecule has 2 aliphatic rings. The summed E-state index contributed by atoms with van der Waals surface area (Å²) < 4.78 is 18.3. The number of hydrogen-bond donors (Lipinski definition) is 0. The summed E-state index contributed by atoms with van der Waals surface area (Å²) in [6.07, 6.45) is 4.35. The molecule has 9 aromatic rings. The van der Waals surface area contributed by atoms with Crippen molar-refractivity contribution in [2.75, 3.05) is 5.75 Å². The Bertz CT molecular complexity index is 2880. The predicted molar refractivity (Wildman–Crippen MR) is 222 cm³/mol. The summed E-state index contributed by atoms with van der Waals surface area (Å²) in [4.78, 5) is 6.77. The third-order valence-electron chi connectivity index (χ3n) is 12.1. The summed E-state index contributed by atoms with van der Waals surface area (Å²) in [5.74, 6) is 3.49. The second-order valence-corrected chi connectivity index (χ2v) is 19.5. The molecule has 0 spiro atoms. The normalized spacial score (nSPS) is 18.8. The van der Waals surface area contributed by atoms with Gasteiger partial charge in [-0.1, -0.05) is 120 Å². The van der Waals surface area contributed by atoms with Crippen molar-refractivity contribution in [2.24, 2.45) is 7.05 Å². The molecular formula is C47H38N3O2SSi. The summed E-state index contributed by atoms with van der Waals surface area (Å²) in [6.45, 7) is 7.05. The molecule has 0 N–H and O–H groups in total. The number of aryl methyl sites for hydroxylation is 1. The van der Waals surface area contributed by atoms with Crippen molar-refractivity contribution in [1.29, 1.82) is 0 Å². The van der Waals surface area contributed by atoms with Gasteiger partial charge in [0.2, 0.25) is 5.88 Å². The molecule has 0 bridgehead atoms. The number of pyridine rings is 1. The molecule has 2 unspecified atom stereocenters. The van der Waals surface area contributed by atoms with E-state index in [9.17, 15) is 0 Å². The fourth-order valence-corrected chi connectivity index (χ4v) is 14.3. The topological polar surface area (TPSA) is 49.0 Å². The van der Waals surface area contributed by atoms with Crippen LogP contribution in [-0.2, 0) is 17.5 Å². The number of fused-ring (bicyclic) bond motifs is 8. The largest absolute Gasteiger partial charge is 0.429 e. The fraction of sp³-hybridized carbons (Fsp3) is 0.170. The number of aromatic nitrogens is 3. The Kier molecular flexibility index (Phi) is 6.81. The molecular weight excluding hydrogens is 699 g/mol. The van der Waals surface area contributed by atoms with E-state index in [1.54, 1.807) is 0 Å². The first-order valence-corrected chi connectivity index (χ1v) is 21.2. The molecule has 11 rings (SSSR count). The van der Waals surface area contributed by atoms with Crippen molar-refractivity contribution in [3.63, 3.8) is 0 Å². The highest BCUT2D eigenvalue weighted by molar-refractivity contribution is 7.99. The lowest BCUT2D eigenvalue weighted by atomic mass is 9.68. The highest BCUT2D eigenvalue weighted by Gasteiger charge is 2.53. The van der Waals surface area contributed by atoms with Gasteiger partial charge in [-0.3, -0.25) is 4.57 Å². The molecule has 7 heteroatoms. The molecule has 0 fully saturated rings. The van der Waals surface area contributed by atoms with Gasteiger partial charge in [-0.15, -0.1) is 11.8 Å². The Morgan fingerprint density at radius 3 is 2.15 bits per heavy atom. The van der Waals surface area contributed by atoms with E-state index in [4.69, 9.17) is 13.8 Å². The number of nitrogens with zero attached hydrogens (tertiary/aromatic N) is 3. The van der Waals surface area contributed by atoms with Crippen molar-refractivity contribution in [1.82, 2.24) is 14.1 Å². The van der Waals surface area contributed by atoms with Gasteiger partial charge >= 0.3 is 0 Å². The number of hydrogen-bond acceptors (Lipinski definition) is 4. The average molecular weight is 737 g/mol. The Labute approximate surface area is 319 Å². The molecule has 4 aromatic carbocycles. The van der Waals surface area contributed by atoms with Gasteiger partial charge in [-0.05, 0) is 48.7 Å². The van der Waals surface area contributed by atoms with Crippen LogP contribution in [0.4, 0.5) is 0 Å². The van der Waals surface area contributed by atoms with Crippen LogP contribution in [0.25, 0.3) is 39.0 Å². The molecule has 6 heterocycles. The quantitative estimate of drug-likeness (QED) is 0.165. The maximum atomic E-state index is 7.04. The zero-order valence-electron chi connectivity index (χ0n) is 30.6. The summed E-state index contributed by atoms with van der Waals surface area (Å²) in [6, 6.07) is 46.7. The van der Waals surface area contributed by atoms with E-state index >= 15 is 0 Å². The Balaban J connectivity index is 1.18. The molecule has 0 amide bonds. The number of thioether (sulfide) groups is 1. The van der Waals surface area contributed by atoms with E-state index in [1.165, 1.54) is 42.9 Å². The first-order valence-electron chi connectivity index (χ1n) is 18.7. The van der Waals surface area contributed by atoms with Crippen molar-refractivity contribution >= 4 is 64.0 Å². The number of furan rings is 2. The molecule has 0 saturated carbocycles. The SMILES string of the molecule is Cn1ccc(C2CSc3cc4c5ccccc5n(-c5cc6c7c(oc6o5)C(C)(C)c5ccccc5C7(C)[Si](c5ccccc5)c5ccccc5)c4nc32)c1. The van der Waals surface area contributed by atoms with E-state index in [2.05, 4.69) is 177 Å². The lowest BCUT2D eigenvalue weighted by Crippen LogP contribution is -2.60. The van der Waals surface area contributed by atoms with Crippen LogP contribution < -0.4 is 10.4 Å². The van der Waals surface area contributed by atoms with Crippen LogP contribution >= 0.6 is 11.8 Å². The molecule has 1 aliphatic heterocycles. The summed E-state index contributed by atoms with van der Waals surface area (Å²) in [5, 5.41) is 5.66. The minimum absolute atomic E-state index is 0.238. The van der Waals surface area contributed by atoms with Crippen molar-refractivity contribution in [2.45, 2.75) is 42.0 Å². The van der Waals surface area contributed by atoms with Crippen LogP contribution in [0.15, 0.2) is 154 Å². The molecule has 263 valence electrons. The van der Waals surface area contributed by atoms with Gasteiger partial charge in [0, 0.05) is 68.9 Å². The molecule has 5 aromatic heterocycles. The van der Waals surface area contributed by atoms with Crippen LogP contribution in [0.3, 0.4) is 0 Å². The summed E-state index contributed by atoms with van der Waals surface area (Å²) >= 11 is 1.91. The van der Waals surface area contributed by atoms with E-state index in [0.717, 1.165) is 45.0 Å². The molecule has 5 nitrogen and oxygen atoms in total. The molecule has 54 heavy (non-hydrogen) atoms. The van der Waals surface area contributed by atoms with E-state index < -0.39 is 13.8 Å². The number of benzene rings is 4. The zero-order valence-corrected chi connectivity index (χ0v) is 32.4. The van der Waals surface area contributed by atoms with Gasteiger partial charge in [-0.2, -0.15) is 0 Å². The average Bonchev–Trinajstić information content (AvgIpc) is 4.02. The van der Waals surface area contributed by atoms with Crippen LogP contribution in [0.2, 0.25) is 0 Å². The second kappa shape index (κ2) is 11.5. The second-order valence-electron chi connectivity index (χ2n) is 15.6. The van der Waals surface area contributed by atoms with Crippen LogP contribution in [0.5, 0.6) is 0 Å². The van der Waals surface area contributed by atoms with Gasteiger partial charge in [0.05, 0.1) is 16.6 Å². The lowest BCUT2D eigenvalue weighted by Gasteiger charge is -2.46. The maximum absolute atomic E-state index is 7.04. The number of para-hydroxylation sites is 1. The lowest BCUT2D eigenvalue weighted by molar-refractivity contribution is 0.385. The maximum Gasteiger partial charge on any atom is 0.299 e. The number of rotatable bonds is 5. The summed E-state index contributed by atoms with van der Waals surface area (Å²) in [5.41, 5.74) is 7.94. The van der Waals surface area contributed by atoms with E-state index in [0.29, 0.717) is 5.78 Å². The standard InChI is InChI=1S/C47H38N3O2SSi/c1-46(2)36-20-12-13-21-37(36)47(3,54(30-15-7-5-8-16-30)31-17-9-6-10-18-31)41-34-26-40(51-45(34)52-43(41)46)50-38-22-14-11-19-32(38)33-25-39-42(48-44(33)50)35(28-53-39)29-23-24-49(4)27-29/h5-27,35H,28H2,1-4H3. The monoisotopic (exact) mass is 736 g/mol. The zero-order chi connectivity index (χ0) is 36.3. The van der Waals surface area contributed by atoms with E-state index in [-0.39, 0.29) is 11.3 Å². The Hall–Kier alpha value is -5.50. The van der Waals surface area contributed by atoms with Crippen LogP contribution in [0, 0.1) is 0 Å². The minimum Gasteiger partial charge on any atom is -0.429 e. The third kappa shape index (κ3) is 4.36. The first-order chi connectivity index (χ1) is 26.3. The molecule has 0 saturated heterocycles. The van der Waals surface area contributed by atoms with Crippen molar-refractivity contribution in [3.05, 3.63) is 173 Å². The highest BCUT2D eigenvalue weighted by atomic mass is 32.2. The van der Waals surface area contributed by atoms with Crippen LogP contribution in [-0.4, -0.2) is 28.7 Å². The predicted octanol–water partition coefficient (Wildman–Crippen LogP) is 9.89. The van der Waals surface area contributed by atoms with Crippen molar-refractivity contribution in [3.8, 4) is 5.88 Å². The minimum atomic E-state index is -1.51. The van der Waals surface area contributed by atoms with E-state index in [1.807, 2.05) is 11.8 Å². The first kappa shape index (κ1) is 32.0. The van der Waals surface area contributed by atoms with Crippen molar-refractivity contribution < 1.29 is 8.83 Å². The molecule has 1 aliphatic carbocycles. The van der Waals surface area contributed by atoms with Gasteiger partial charge in [0.1, 0.15) is 20.2 Å². The molecule has 2 atom stereocenters. The summed E-state index contributed by atoms with van der Waals surface area (Å²) in [7, 11) is 0.577. The van der Waals surface area contributed by atoms with Crippen LogP contribution in [0.1, 0.15) is 60.4 Å². The fourth-order valence-electron chi connectivity index (χ4n) is 9.56.